The molecule has 21 heavy (non-hydrogen) atoms. The van der Waals surface area contributed by atoms with Crippen LogP contribution in [0, 0.1) is 11.6 Å². The van der Waals surface area contributed by atoms with Crippen molar-refractivity contribution in [1.82, 2.24) is 4.90 Å². The van der Waals surface area contributed by atoms with Crippen LogP contribution in [0.15, 0.2) is 42.5 Å². The van der Waals surface area contributed by atoms with Crippen molar-refractivity contribution in [3.8, 4) is 0 Å². The van der Waals surface area contributed by atoms with Crippen LogP contribution in [0.4, 0.5) is 14.5 Å². The van der Waals surface area contributed by atoms with E-state index in [-0.39, 0.29) is 12.5 Å². The minimum absolute atomic E-state index is 0.105. The highest BCUT2D eigenvalue weighted by atomic mass is 19.1. The number of carbonyl (C=O) groups is 1. The Balaban J connectivity index is 2.10. The van der Waals surface area contributed by atoms with E-state index in [0.29, 0.717) is 16.8 Å². The molecule has 2 aromatic rings. The number of amides is 1. The molecule has 0 aliphatic rings. The van der Waals surface area contributed by atoms with Gasteiger partial charge in [-0.15, -0.1) is 0 Å². The second-order valence-corrected chi connectivity index (χ2v) is 4.87. The predicted octanol–water partition coefficient (Wildman–Crippen LogP) is 3.28. The fourth-order valence-electron chi connectivity index (χ4n) is 1.88. The fraction of sp³-hybridized carbons (Fsp3) is 0.188. The first-order valence-corrected chi connectivity index (χ1v) is 6.47. The van der Waals surface area contributed by atoms with E-state index in [9.17, 15) is 13.6 Å². The number of halogens is 2. The van der Waals surface area contributed by atoms with Crippen LogP contribution >= 0.6 is 0 Å². The Labute approximate surface area is 122 Å². The first kappa shape index (κ1) is 15.0. The quantitative estimate of drug-likeness (QED) is 0.937. The maximum Gasteiger partial charge on any atom is 0.253 e. The Hall–Kier alpha value is -2.43. The average molecular weight is 290 g/mol. The summed E-state index contributed by atoms with van der Waals surface area (Å²) in [6.07, 6.45) is 0. The molecule has 1 N–H and O–H groups in total. The topological polar surface area (TPSA) is 32.3 Å². The molecule has 2 aromatic carbocycles. The maximum absolute atomic E-state index is 13.5. The van der Waals surface area contributed by atoms with Gasteiger partial charge >= 0.3 is 0 Å². The third kappa shape index (κ3) is 3.78. The molecule has 0 heterocycles. The van der Waals surface area contributed by atoms with Gasteiger partial charge in [0.05, 0.1) is 0 Å². The number of benzene rings is 2. The van der Waals surface area contributed by atoms with Crippen LogP contribution in [-0.2, 0) is 6.54 Å². The molecular formula is C16H16F2N2O. The summed E-state index contributed by atoms with van der Waals surface area (Å²) < 4.78 is 26.4. The maximum atomic E-state index is 13.5. The van der Waals surface area contributed by atoms with Gasteiger partial charge in [-0.25, -0.2) is 8.78 Å². The van der Waals surface area contributed by atoms with Crippen molar-refractivity contribution in [2.75, 3.05) is 19.4 Å². The molecule has 0 aromatic heterocycles. The molecule has 0 radical (unpaired) electrons. The van der Waals surface area contributed by atoms with Gasteiger partial charge in [0.1, 0.15) is 11.6 Å². The van der Waals surface area contributed by atoms with Gasteiger partial charge < -0.3 is 10.2 Å². The Morgan fingerprint density at radius 3 is 2.57 bits per heavy atom. The predicted molar refractivity (Wildman–Crippen MR) is 78.1 cm³/mol. The molecule has 0 atom stereocenters. The third-order valence-electron chi connectivity index (χ3n) is 3.01. The zero-order valence-electron chi connectivity index (χ0n) is 11.9. The van der Waals surface area contributed by atoms with Crippen LogP contribution < -0.4 is 5.32 Å². The molecule has 0 fully saturated rings. The fourth-order valence-corrected chi connectivity index (χ4v) is 1.88. The van der Waals surface area contributed by atoms with E-state index < -0.39 is 11.6 Å². The summed E-state index contributed by atoms with van der Waals surface area (Å²) in [6.45, 7) is 0.214. The number of nitrogens with zero attached hydrogens (tertiary/aromatic N) is 1. The molecule has 1 amide bonds. The number of nitrogens with one attached hydrogen (secondary N) is 1. The van der Waals surface area contributed by atoms with Gasteiger partial charge in [0, 0.05) is 43.5 Å². The van der Waals surface area contributed by atoms with Crippen molar-refractivity contribution in [2.45, 2.75) is 6.54 Å². The van der Waals surface area contributed by atoms with Crippen molar-refractivity contribution < 1.29 is 13.6 Å². The molecule has 2 rings (SSSR count). The van der Waals surface area contributed by atoms with Crippen LogP contribution in [0.1, 0.15) is 15.9 Å². The molecule has 3 nitrogen and oxygen atoms in total. The highest BCUT2D eigenvalue weighted by Crippen LogP contribution is 2.15. The summed E-state index contributed by atoms with van der Waals surface area (Å²) in [5.41, 5.74) is 1.61. The molecule has 0 aliphatic carbocycles. The Kier molecular flexibility index (Phi) is 4.52. The van der Waals surface area contributed by atoms with E-state index in [2.05, 4.69) is 5.32 Å². The van der Waals surface area contributed by atoms with Crippen molar-refractivity contribution in [3.05, 3.63) is 65.2 Å². The molecule has 0 saturated heterocycles. The van der Waals surface area contributed by atoms with Crippen LogP contribution in [-0.4, -0.2) is 24.9 Å². The second-order valence-electron chi connectivity index (χ2n) is 4.87. The van der Waals surface area contributed by atoms with Crippen molar-refractivity contribution in [2.24, 2.45) is 0 Å². The Morgan fingerprint density at radius 1 is 1.14 bits per heavy atom. The zero-order chi connectivity index (χ0) is 15.4. The van der Waals surface area contributed by atoms with Gasteiger partial charge in [-0.3, -0.25) is 4.79 Å². The van der Waals surface area contributed by atoms with E-state index in [0.717, 1.165) is 6.07 Å². The monoisotopic (exact) mass is 290 g/mol. The third-order valence-corrected chi connectivity index (χ3v) is 3.01. The second kappa shape index (κ2) is 6.35. The zero-order valence-corrected chi connectivity index (χ0v) is 11.9. The molecule has 5 heteroatoms. The lowest BCUT2D eigenvalue weighted by molar-refractivity contribution is 0.0827. The van der Waals surface area contributed by atoms with Gasteiger partial charge in [0.25, 0.3) is 5.91 Å². The normalized spacial score (nSPS) is 10.3. The molecule has 0 spiro atoms. The summed E-state index contributed by atoms with van der Waals surface area (Å²) >= 11 is 0. The number of hydrogen-bond donors (Lipinski definition) is 1. The van der Waals surface area contributed by atoms with Crippen LogP contribution in [0.25, 0.3) is 0 Å². The standard InChI is InChI=1S/C16H16F2N2O/c1-20(2)16(21)11-4-3-5-14(8-11)19-10-12-6-7-13(17)9-15(12)18/h3-9,19H,10H2,1-2H3. The largest absolute Gasteiger partial charge is 0.381 e. The lowest BCUT2D eigenvalue weighted by atomic mass is 10.1. The molecule has 110 valence electrons. The number of hydrogen-bond acceptors (Lipinski definition) is 2. The summed E-state index contributed by atoms with van der Waals surface area (Å²) in [7, 11) is 3.35. The van der Waals surface area contributed by atoms with Gasteiger partial charge in [-0.1, -0.05) is 12.1 Å². The number of carbonyl (C=O) groups excluding carboxylic acids is 1. The summed E-state index contributed by atoms with van der Waals surface area (Å²) in [5.74, 6) is -1.30. The van der Waals surface area contributed by atoms with Crippen LogP contribution in [0.3, 0.4) is 0 Å². The van der Waals surface area contributed by atoms with E-state index in [1.54, 1.807) is 38.4 Å². The highest BCUT2D eigenvalue weighted by Gasteiger charge is 2.08. The minimum Gasteiger partial charge on any atom is -0.381 e. The summed E-state index contributed by atoms with van der Waals surface area (Å²) in [6, 6.07) is 10.4. The lowest BCUT2D eigenvalue weighted by Crippen LogP contribution is -2.21. The molecule has 0 aliphatic heterocycles. The Bertz CT molecular complexity index is 656. The minimum atomic E-state index is -0.602. The summed E-state index contributed by atoms with van der Waals surface area (Å²) in [5, 5.41) is 3.02. The smallest absolute Gasteiger partial charge is 0.253 e. The molecular weight excluding hydrogens is 274 g/mol. The van der Waals surface area contributed by atoms with E-state index in [1.165, 1.54) is 17.0 Å². The van der Waals surface area contributed by atoms with Gasteiger partial charge in [-0.2, -0.15) is 0 Å². The molecule has 0 bridgehead atoms. The first-order chi connectivity index (χ1) is 9.97. The van der Waals surface area contributed by atoms with E-state index >= 15 is 0 Å². The van der Waals surface area contributed by atoms with Gasteiger partial charge in [0.2, 0.25) is 0 Å². The molecule has 0 saturated carbocycles. The first-order valence-electron chi connectivity index (χ1n) is 6.47. The average Bonchev–Trinajstić information content (AvgIpc) is 2.45. The lowest BCUT2D eigenvalue weighted by Gasteiger charge is -2.12. The molecule has 0 unspecified atom stereocenters. The summed E-state index contributed by atoms with van der Waals surface area (Å²) in [4.78, 5) is 13.3. The van der Waals surface area contributed by atoms with E-state index in [4.69, 9.17) is 0 Å². The van der Waals surface area contributed by atoms with Gasteiger partial charge in [0.15, 0.2) is 0 Å². The highest BCUT2D eigenvalue weighted by molar-refractivity contribution is 5.94. The van der Waals surface area contributed by atoms with Crippen molar-refractivity contribution in [3.63, 3.8) is 0 Å². The Morgan fingerprint density at radius 2 is 1.90 bits per heavy atom. The SMILES string of the molecule is CN(C)C(=O)c1cccc(NCc2ccc(F)cc2F)c1. The van der Waals surface area contributed by atoms with Gasteiger partial charge in [-0.05, 0) is 24.3 Å². The van der Waals surface area contributed by atoms with Crippen molar-refractivity contribution in [1.29, 1.82) is 0 Å². The van der Waals surface area contributed by atoms with E-state index in [1.807, 2.05) is 0 Å². The van der Waals surface area contributed by atoms with Crippen molar-refractivity contribution >= 4 is 11.6 Å². The van der Waals surface area contributed by atoms with Crippen LogP contribution in [0.5, 0.6) is 0 Å². The number of anilines is 1. The van der Waals surface area contributed by atoms with Crippen LogP contribution in [0.2, 0.25) is 0 Å². The number of rotatable bonds is 4.